The molecule has 0 aromatic carbocycles. The van der Waals surface area contributed by atoms with E-state index in [0.717, 1.165) is 12.8 Å². The van der Waals surface area contributed by atoms with E-state index >= 15 is 0 Å². The summed E-state index contributed by atoms with van der Waals surface area (Å²) < 4.78 is 5.01. The van der Waals surface area contributed by atoms with E-state index in [2.05, 4.69) is 12.2 Å². The average Bonchev–Trinajstić information content (AvgIpc) is 2.17. The molecule has 0 aromatic heterocycles. The molecule has 0 saturated heterocycles. The Morgan fingerprint density at radius 3 is 2.43 bits per heavy atom. The maximum Gasteiger partial charge on any atom is 0.255 e. The van der Waals surface area contributed by atoms with Gasteiger partial charge in [-0.1, -0.05) is 0 Å². The van der Waals surface area contributed by atoms with E-state index in [4.69, 9.17) is 16.3 Å². The third kappa shape index (κ3) is 2.09. The van der Waals surface area contributed by atoms with Crippen molar-refractivity contribution in [3.8, 4) is 0 Å². The predicted octanol–water partition coefficient (Wildman–Crippen LogP) is 1.69. The zero-order chi connectivity index (χ0) is 5.28. The quantitative estimate of drug-likeness (QED) is 0.401. The summed E-state index contributed by atoms with van der Waals surface area (Å²) in [7, 11) is 0. The molecule has 0 N–H and O–H groups in total. The Bertz CT molecular complexity index is 89.7. The van der Waals surface area contributed by atoms with Crippen molar-refractivity contribution in [2.24, 2.45) is 0 Å². The van der Waals surface area contributed by atoms with Crippen molar-refractivity contribution >= 4 is 28.3 Å². The Balaban J connectivity index is 2.08. The fourth-order valence-electron chi connectivity index (χ4n) is 0.317. The van der Waals surface area contributed by atoms with Crippen molar-refractivity contribution in [2.75, 3.05) is 0 Å². The summed E-state index contributed by atoms with van der Waals surface area (Å²) in [5.41, 5.74) is 0. The van der Waals surface area contributed by atoms with E-state index in [9.17, 15) is 0 Å². The Labute approximate surface area is 52.6 Å². The summed E-state index contributed by atoms with van der Waals surface area (Å²) in [4.78, 5) is 0. The van der Waals surface area contributed by atoms with Gasteiger partial charge in [0.25, 0.3) is 4.51 Å². The number of hydrogen-bond acceptors (Lipinski definition) is 2. The zero-order valence-electron chi connectivity index (χ0n) is 3.69. The molecule has 0 spiro atoms. The van der Waals surface area contributed by atoms with Gasteiger partial charge in [-0.3, -0.25) is 0 Å². The smallest absolute Gasteiger partial charge is 0.255 e. The van der Waals surface area contributed by atoms with Crippen LogP contribution < -0.4 is 0 Å². The van der Waals surface area contributed by atoms with E-state index in [-0.39, 0.29) is 4.51 Å². The Morgan fingerprint density at radius 2 is 2.29 bits per heavy atom. The highest BCUT2D eigenvalue weighted by Crippen LogP contribution is 2.24. The van der Waals surface area contributed by atoms with Crippen LogP contribution in [0.3, 0.4) is 0 Å². The van der Waals surface area contributed by atoms with E-state index in [1.165, 1.54) is 0 Å². The molecule has 0 atom stereocenters. The van der Waals surface area contributed by atoms with Gasteiger partial charge < -0.3 is 4.74 Å². The van der Waals surface area contributed by atoms with Crippen LogP contribution in [0.25, 0.3) is 0 Å². The minimum atomic E-state index is 0.155. The SMILES string of the molecule is S=C(Cl)OC1CC1. The van der Waals surface area contributed by atoms with Crippen LogP contribution in [-0.4, -0.2) is 10.6 Å². The lowest BCUT2D eigenvalue weighted by molar-refractivity contribution is 0.306. The Hall–Kier alpha value is 0.180. The van der Waals surface area contributed by atoms with Crippen molar-refractivity contribution < 1.29 is 4.74 Å². The predicted molar refractivity (Wildman–Crippen MR) is 32.6 cm³/mol. The second-order valence-electron chi connectivity index (χ2n) is 1.55. The first-order valence-corrected chi connectivity index (χ1v) is 2.94. The highest BCUT2D eigenvalue weighted by atomic mass is 35.5. The van der Waals surface area contributed by atoms with Gasteiger partial charge in [0.05, 0.1) is 0 Å². The van der Waals surface area contributed by atoms with Crippen LogP contribution in [0.4, 0.5) is 0 Å². The van der Waals surface area contributed by atoms with Crippen molar-refractivity contribution in [3.05, 3.63) is 0 Å². The van der Waals surface area contributed by atoms with Crippen LogP contribution in [0.5, 0.6) is 0 Å². The van der Waals surface area contributed by atoms with Gasteiger partial charge in [0, 0.05) is 0 Å². The molecule has 0 bridgehead atoms. The first-order valence-electron chi connectivity index (χ1n) is 2.15. The molecule has 0 radical (unpaired) electrons. The molecule has 1 fully saturated rings. The molecule has 0 heterocycles. The molecule has 3 heteroatoms. The Kier molecular flexibility index (Phi) is 1.50. The van der Waals surface area contributed by atoms with Gasteiger partial charge >= 0.3 is 0 Å². The van der Waals surface area contributed by atoms with Crippen LogP contribution in [-0.2, 0) is 4.74 Å². The molecule has 7 heavy (non-hydrogen) atoms. The number of rotatable bonds is 1. The second kappa shape index (κ2) is 1.97. The maximum absolute atomic E-state index is 5.22. The lowest BCUT2D eigenvalue weighted by atomic mass is 10.8. The molecule has 1 nitrogen and oxygen atoms in total. The van der Waals surface area contributed by atoms with Crippen LogP contribution in [0, 0.1) is 0 Å². The van der Waals surface area contributed by atoms with Gasteiger partial charge in [-0.15, -0.1) is 0 Å². The molecule has 0 aliphatic heterocycles. The van der Waals surface area contributed by atoms with Crippen molar-refractivity contribution in [2.45, 2.75) is 18.9 Å². The van der Waals surface area contributed by atoms with Crippen LogP contribution in [0.1, 0.15) is 12.8 Å². The molecule has 1 rings (SSSR count). The molecule has 1 saturated carbocycles. The number of thiocarbonyl (C=S) groups is 1. The molecule has 0 unspecified atom stereocenters. The highest BCUT2D eigenvalue weighted by molar-refractivity contribution is 7.82. The summed E-state index contributed by atoms with van der Waals surface area (Å²) in [6, 6.07) is 0. The third-order valence-electron chi connectivity index (χ3n) is 0.784. The second-order valence-corrected chi connectivity index (χ2v) is 2.49. The molecular weight excluding hydrogens is 132 g/mol. The fourth-order valence-corrected chi connectivity index (χ4v) is 0.579. The largest absolute Gasteiger partial charge is 0.472 e. The third-order valence-corrected chi connectivity index (χ3v) is 0.969. The first-order chi connectivity index (χ1) is 3.29. The molecule has 0 amide bonds. The van der Waals surface area contributed by atoms with Gasteiger partial charge in [-0.2, -0.15) is 0 Å². The Morgan fingerprint density at radius 1 is 1.71 bits per heavy atom. The summed E-state index contributed by atoms with van der Waals surface area (Å²) in [6.07, 6.45) is 2.59. The van der Waals surface area contributed by atoms with Crippen molar-refractivity contribution in [1.29, 1.82) is 0 Å². The van der Waals surface area contributed by atoms with Crippen molar-refractivity contribution in [1.82, 2.24) is 0 Å². The van der Waals surface area contributed by atoms with Crippen molar-refractivity contribution in [3.63, 3.8) is 0 Å². The average molecular weight is 137 g/mol. The molecule has 40 valence electrons. The number of halogens is 1. The van der Waals surface area contributed by atoms with Gasteiger partial charge in [0.2, 0.25) is 0 Å². The summed E-state index contributed by atoms with van der Waals surface area (Å²) >= 11 is 9.68. The molecule has 1 aliphatic carbocycles. The number of ether oxygens (including phenoxy) is 1. The zero-order valence-corrected chi connectivity index (χ0v) is 5.26. The topological polar surface area (TPSA) is 9.23 Å². The standard InChI is InChI=1S/C4H5ClOS/c5-4(7)6-3-1-2-3/h3H,1-2H2. The normalized spacial score (nSPS) is 19.0. The molecular formula is C4H5ClOS. The first kappa shape index (κ1) is 5.32. The van der Waals surface area contributed by atoms with Gasteiger partial charge in [0.15, 0.2) is 0 Å². The lowest BCUT2D eigenvalue weighted by Crippen LogP contribution is -1.93. The van der Waals surface area contributed by atoms with E-state index in [0.29, 0.717) is 6.10 Å². The fraction of sp³-hybridized carbons (Fsp3) is 0.750. The minimum Gasteiger partial charge on any atom is -0.472 e. The van der Waals surface area contributed by atoms with E-state index < -0.39 is 0 Å². The van der Waals surface area contributed by atoms with Gasteiger partial charge in [-0.25, -0.2) is 0 Å². The van der Waals surface area contributed by atoms with Gasteiger partial charge in [-0.05, 0) is 36.7 Å². The minimum absolute atomic E-state index is 0.155. The van der Waals surface area contributed by atoms with Crippen LogP contribution in [0.15, 0.2) is 0 Å². The summed E-state index contributed by atoms with van der Waals surface area (Å²) in [5.74, 6) is 0. The highest BCUT2D eigenvalue weighted by Gasteiger charge is 2.23. The lowest BCUT2D eigenvalue weighted by Gasteiger charge is -1.93. The van der Waals surface area contributed by atoms with E-state index in [1.807, 2.05) is 0 Å². The summed E-state index contributed by atoms with van der Waals surface area (Å²) in [6.45, 7) is 0. The van der Waals surface area contributed by atoms with Crippen LogP contribution in [0.2, 0.25) is 0 Å². The summed E-state index contributed by atoms with van der Waals surface area (Å²) in [5, 5.41) is 0. The maximum atomic E-state index is 5.22. The van der Waals surface area contributed by atoms with Crippen LogP contribution >= 0.6 is 23.8 Å². The monoisotopic (exact) mass is 136 g/mol. The van der Waals surface area contributed by atoms with E-state index in [1.54, 1.807) is 0 Å². The number of hydrogen-bond donors (Lipinski definition) is 0. The van der Waals surface area contributed by atoms with Gasteiger partial charge in [0.1, 0.15) is 6.10 Å². The molecule has 1 aliphatic rings. The molecule has 0 aromatic rings.